The minimum absolute atomic E-state index is 0.0318. The second-order valence-electron chi connectivity index (χ2n) is 5.02. The van der Waals surface area contributed by atoms with Crippen molar-refractivity contribution >= 4 is 5.91 Å². The summed E-state index contributed by atoms with van der Waals surface area (Å²) in [5.41, 5.74) is 8.18. The predicted octanol–water partition coefficient (Wildman–Crippen LogP) is 1.63. The largest absolute Gasteiger partial charge is 0.370 e. The van der Waals surface area contributed by atoms with Gasteiger partial charge in [-0.15, -0.1) is 0 Å². The predicted molar refractivity (Wildman–Crippen MR) is 74.7 cm³/mol. The molecule has 1 amide bonds. The van der Waals surface area contributed by atoms with E-state index in [1.807, 2.05) is 24.0 Å². The molecule has 0 spiro atoms. The van der Waals surface area contributed by atoms with E-state index in [0.717, 1.165) is 5.56 Å². The highest BCUT2D eigenvalue weighted by atomic mass is 16.5. The lowest BCUT2D eigenvalue weighted by Crippen LogP contribution is -2.49. The zero-order valence-corrected chi connectivity index (χ0v) is 11.6. The Balaban J connectivity index is 2.09. The summed E-state index contributed by atoms with van der Waals surface area (Å²) in [4.78, 5) is 14.0. The van der Waals surface area contributed by atoms with Crippen LogP contribution in [0.3, 0.4) is 0 Å². The third kappa shape index (κ3) is 3.14. The summed E-state index contributed by atoms with van der Waals surface area (Å²) in [5, 5.41) is 0. The zero-order chi connectivity index (χ0) is 13.8. The van der Waals surface area contributed by atoms with Crippen molar-refractivity contribution in [3.8, 4) is 0 Å². The summed E-state index contributed by atoms with van der Waals surface area (Å²) in [6, 6.07) is 7.75. The van der Waals surface area contributed by atoms with Gasteiger partial charge in [-0.25, -0.2) is 0 Å². The average molecular weight is 262 g/mol. The van der Waals surface area contributed by atoms with Crippen molar-refractivity contribution in [3.05, 3.63) is 35.4 Å². The lowest BCUT2D eigenvalue weighted by atomic mass is 10.0. The molecule has 4 heteroatoms. The Hall–Kier alpha value is -1.39. The maximum absolute atomic E-state index is 12.1. The lowest BCUT2D eigenvalue weighted by molar-refractivity contribution is -0.140. The third-order valence-electron chi connectivity index (χ3n) is 3.67. The van der Waals surface area contributed by atoms with Crippen LogP contribution in [-0.4, -0.2) is 36.5 Å². The van der Waals surface area contributed by atoms with E-state index < -0.39 is 6.04 Å². The van der Waals surface area contributed by atoms with Crippen molar-refractivity contribution in [2.75, 3.05) is 19.7 Å². The molecular weight excluding hydrogens is 240 g/mol. The molecular formula is C15H22N2O2. The number of nitrogens with zero attached hydrogens (tertiary/aromatic N) is 1. The van der Waals surface area contributed by atoms with E-state index in [1.165, 1.54) is 5.56 Å². The van der Waals surface area contributed by atoms with Crippen molar-refractivity contribution in [3.63, 3.8) is 0 Å². The molecule has 1 aliphatic rings. The Morgan fingerprint density at radius 2 is 2.26 bits per heavy atom. The first kappa shape index (κ1) is 14.0. The lowest BCUT2D eigenvalue weighted by Gasteiger charge is -2.35. The molecule has 1 aliphatic heterocycles. The summed E-state index contributed by atoms with van der Waals surface area (Å²) in [5.74, 6) is 0.0318. The third-order valence-corrected chi connectivity index (χ3v) is 3.67. The second-order valence-corrected chi connectivity index (χ2v) is 5.02. The maximum Gasteiger partial charge on any atom is 0.239 e. The molecule has 2 atom stereocenters. The summed E-state index contributed by atoms with van der Waals surface area (Å²) in [7, 11) is 0. The highest BCUT2D eigenvalue weighted by Gasteiger charge is 2.28. The molecule has 19 heavy (non-hydrogen) atoms. The van der Waals surface area contributed by atoms with E-state index in [1.54, 1.807) is 0 Å². The highest BCUT2D eigenvalue weighted by molar-refractivity contribution is 5.81. The van der Waals surface area contributed by atoms with Gasteiger partial charge in [-0.1, -0.05) is 31.2 Å². The van der Waals surface area contributed by atoms with Crippen LogP contribution in [0.4, 0.5) is 0 Å². The molecule has 2 rings (SSSR count). The zero-order valence-electron chi connectivity index (χ0n) is 11.6. The number of carbonyl (C=O) groups is 1. The molecule has 0 saturated carbocycles. The molecule has 0 bridgehead atoms. The van der Waals surface area contributed by atoms with E-state index in [-0.39, 0.29) is 12.0 Å². The van der Waals surface area contributed by atoms with Crippen molar-refractivity contribution in [1.29, 1.82) is 0 Å². The number of hydrogen-bond donors (Lipinski definition) is 1. The topological polar surface area (TPSA) is 55.6 Å². The van der Waals surface area contributed by atoms with Gasteiger partial charge in [0.1, 0.15) is 6.10 Å². The Morgan fingerprint density at radius 1 is 1.53 bits per heavy atom. The van der Waals surface area contributed by atoms with Crippen LogP contribution in [0.25, 0.3) is 0 Å². The normalized spacial score (nSPS) is 21.2. The molecule has 104 valence electrons. The fourth-order valence-corrected chi connectivity index (χ4v) is 2.39. The van der Waals surface area contributed by atoms with Gasteiger partial charge < -0.3 is 15.4 Å². The van der Waals surface area contributed by atoms with Crippen LogP contribution in [-0.2, 0) is 9.53 Å². The van der Waals surface area contributed by atoms with E-state index in [9.17, 15) is 4.79 Å². The minimum Gasteiger partial charge on any atom is -0.370 e. The molecule has 1 heterocycles. The fourth-order valence-electron chi connectivity index (χ4n) is 2.39. The van der Waals surface area contributed by atoms with Gasteiger partial charge in [0.05, 0.1) is 19.2 Å². The van der Waals surface area contributed by atoms with Gasteiger partial charge >= 0.3 is 0 Å². The molecule has 1 aromatic rings. The van der Waals surface area contributed by atoms with E-state index in [0.29, 0.717) is 26.1 Å². The van der Waals surface area contributed by atoms with Crippen LogP contribution in [0, 0.1) is 6.92 Å². The molecule has 0 aromatic heterocycles. The monoisotopic (exact) mass is 262 g/mol. The Bertz CT molecular complexity index is 448. The van der Waals surface area contributed by atoms with Crippen molar-refractivity contribution in [2.45, 2.75) is 32.4 Å². The smallest absolute Gasteiger partial charge is 0.239 e. The van der Waals surface area contributed by atoms with Gasteiger partial charge in [0.25, 0.3) is 0 Å². The molecule has 4 nitrogen and oxygen atoms in total. The quantitative estimate of drug-likeness (QED) is 0.901. The molecule has 1 aromatic carbocycles. The first-order valence-corrected chi connectivity index (χ1v) is 6.85. The fraction of sp³-hybridized carbons (Fsp3) is 0.533. The molecule has 0 radical (unpaired) electrons. The van der Waals surface area contributed by atoms with Crippen LogP contribution in [0.15, 0.2) is 24.3 Å². The van der Waals surface area contributed by atoms with Crippen molar-refractivity contribution in [1.82, 2.24) is 4.90 Å². The van der Waals surface area contributed by atoms with E-state index in [2.05, 4.69) is 19.1 Å². The van der Waals surface area contributed by atoms with Crippen molar-refractivity contribution in [2.24, 2.45) is 5.73 Å². The minimum atomic E-state index is -0.393. The number of ether oxygens (including phenoxy) is 1. The average Bonchev–Trinajstić information content (AvgIpc) is 2.46. The van der Waals surface area contributed by atoms with Crippen LogP contribution < -0.4 is 5.73 Å². The second kappa shape index (κ2) is 6.17. The summed E-state index contributed by atoms with van der Waals surface area (Å²) in [6.45, 7) is 5.80. The number of benzene rings is 1. The first-order valence-electron chi connectivity index (χ1n) is 6.85. The number of morpholine rings is 1. The van der Waals surface area contributed by atoms with E-state index in [4.69, 9.17) is 10.5 Å². The number of nitrogens with two attached hydrogens (primary N) is 1. The van der Waals surface area contributed by atoms with Gasteiger partial charge in [0, 0.05) is 6.54 Å². The van der Waals surface area contributed by atoms with Crippen LogP contribution in [0.1, 0.15) is 30.6 Å². The van der Waals surface area contributed by atoms with Crippen molar-refractivity contribution < 1.29 is 9.53 Å². The number of aryl methyl sites for hydroxylation is 1. The van der Waals surface area contributed by atoms with Gasteiger partial charge in [0.2, 0.25) is 5.91 Å². The summed E-state index contributed by atoms with van der Waals surface area (Å²) in [6.07, 6.45) is 0.633. The van der Waals surface area contributed by atoms with Gasteiger partial charge in [-0.05, 0) is 24.5 Å². The number of amides is 1. The number of hydrogen-bond acceptors (Lipinski definition) is 3. The van der Waals surface area contributed by atoms with Crippen LogP contribution >= 0.6 is 0 Å². The van der Waals surface area contributed by atoms with Gasteiger partial charge in [-0.2, -0.15) is 0 Å². The Kier molecular flexibility index (Phi) is 4.56. The molecule has 1 saturated heterocycles. The number of rotatable bonds is 3. The first-order chi connectivity index (χ1) is 9.13. The molecule has 2 N–H and O–H groups in total. The Morgan fingerprint density at radius 3 is 2.95 bits per heavy atom. The summed E-state index contributed by atoms with van der Waals surface area (Å²) >= 11 is 0. The standard InChI is InChI=1S/C15H22N2O2/c1-3-13(16)15(18)17-8-9-19-14(10-17)12-7-5-4-6-11(12)2/h4-7,13-14H,3,8-10,16H2,1-2H3/t13-,14-/m1/s1. The van der Waals surface area contributed by atoms with Gasteiger partial charge in [0.15, 0.2) is 0 Å². The molecule has 1 fully saturated rings. The van der Waals surface area contributed by atoms with Gasteiger partial charge in [-0.3, -0.25) is 4.79 Å². The molecule has 0 unspecified atom stereocenters. The molecule has 0 aliphatic carbocycles. The van der Waals surface area contributed by atoms with Crippen LogP contribution in [0.5, 0.6) is 0 Å². The maximum atomic E-state index is 12.1. The SMILES string of the molecule is CC[C@@H](N)C(=O)N1CCO[C@@H](c2ccccc2C)C1. The van der Waals surface area contributed by atoms with E-state index >= 15 is 0 Å². The Labute approximate surface area is 114 Å². The highest BCUT2D eigenvalue weighted by Crippen LogP contribution is 2.25. The summed E-state index contributed by atoms with van der Waals surface area (Å²) < 4.78 is 5.80. The van der Waals surface area contributed by atoms with Crippen LogP contribution in [0.2, 0.25) is 0 Å². The number of carbonyl (C=O) groups excluding carboxylic acids is 1.